The Labute approximate surface area is 126 Å². The molecule has 1 N–H and O–H groups in total. The summed E-state index contributed by atoms with van der Waals surface area (Å²) in [7, 11) is 0. The maximum Gasteiger partial charge on any atom is 0.253 e. The first-order chi connectivity index (χ1) is 9.13. The Balaban J connectivity index is 1.63. The number of carbonyl (C=O) groups is 1. The quantitative estimate of drug-likeness (QED) is 0.915. The molecule has 3 rings (SSSR count). The van der Waals surface area contributed by atoms with Gasteiger partial charge in [0.1, 0.15) is 0 Å². The molecule has 1 heterocycles. The molecule has 1 aliphatic carbocycles. The van der Waals surface area contributed by atoms with E-state index in [4.69, 9.17) is 11.6 Å². The molecule has 0 spiro atoms. The number of likely N-dealkylation sites (tertiary alicyclic amines) is 1. The van der Waals surface area contributed by atoms with Crippen molar-refractivity contribution in [1.82, 2.24) is 10.2 Å². The lowest BCUT2D eigenvalue weighted by Crippen LogP contribution is -2.37. The standard InChI is InChI=1S/C14H16BrClN2O/c15-9-1-4-13(16)12(7-9)14(19)17-10-5-6-18(8-10)11-2-3-11/h1,4,7,10-11H,2-3,5-6,8H2,(H,17,19). The lowest BCUT2D eigenvalue weighted by Gasteiger charge is -2.16. The second kappa shape index (κ2) is 5.43. The third-order valence-corrected chi connectivity index (χ3v) is 4.61. The van der Waals surface area contributed by atoms with E-state index in [9.17, 15) is 4.79 Å². The molecule has 102 valence electrons. The molecule has 1 unspecified atom stereocenters. The van der Waals surface area contributed by atoms with Gasteiger partial charge < -0.3 is 5.32 Å². The molecule has 3 nitrogen and oxygen atoms in total. The van der Waals surface area contributed by atoms with Crippen LogP contribution in [0.2, 0.25) is 5.02 Å². The van der Waals surface area contributed by atoms with Crippen LogP contribution >= 0.6 is 27.5 Å². The Kier molecular flexibility index (Phi) is 3.83. The van der Waals surface area contributed by atoms with Gasteiger partial charge in [0, 0.05) is 29.6 Å². The van der Waals surface area contributed by atoms with Crippen molar-refractivity contribution in [3.05, 3.63) is 33.3 Å². The number of rotatable bonds is 3. The minimum absolute atomic E-state index is 0.0750. The SMILES string of the molecule is O=C(NC1CCN(C2CC2)C1)c1cc(Br)ccc1Cl. The van der Waals surface area contributed by atoms with Crippen LogP contribution in [0.25, 0.3) is 0 Å². The highest BCUT2D eigenvalue weighted by atomic mass is 79.9. The van der Waals surface area contributed by atoms with E-state index in [2.05, 4.69) is 26.1 Å². The average Bonchev–Trinajstić information content (AvgIpc) is 3.13. The first kappa shape index (κ1) is 13.4. The van der Waals surface area contributed by atoms with Gasteiger partial charge in [-0.15, -0.1) is 0 Å². The fraction of sp³-hybridized carbons (Fsp3) is 0.500. The van der Waals surface area contributed by atoms with Gasteiger partial charge in [-0.1, -0.05) is 27.5 Å². The molecule has 5 heteroatoms. The number of hydrogen-bond acceptors (Lipinski definition) is 2. The van der Waals surface area contributed by atoms with E-state index in [0.29, 0.717) is 10.6 Å². The van der Waals surface area contributed by atoms with Crippen molar-refractivity contribution in [1.29, 1.82) is 0 Å². The third kappa shape index (κ3) is 3.12. The molecule has 0 aromatic heterocycles. The molecule has 2 aliphatic rings. The lowest BCUT2D eigenvalue weighted by molar-refractivity contribution is 0.0937. The van der Waals surface area contributed by atoms with E-state index < -0.39 is 0 Å². The number of nitrogens with zero attached hydrogens (tertiary/aromatic N) is 1. The van der Waals surface area contributed by atoms with Gasteiger partial charge in [0.15, 0.2) is 0 Å². The molecule has 1 saturated carbocycles. The lowest BCUT2D eigenvalue weighted by atomic mass is 10.2. The van der Waals surface area contributed by atoms with Gasteiger partial charge in [0.25, 0.3) is 5.91 Å². The zero-order valence-electron chi connectivity index (χ0n) is 10.5. The van der Waals surface area contributed by atoms with Crippen LogP contribution in [0.3, 0.4) is 0 Å². The summed E-state index contributed by atoms with van der Waals surface area (Å²) in [6.07, 6.45) is 3.67. The summed E-state index contributed by atoms with van der Waals surface area (Å²) in [5, 5.41) is 3.59. The number of benzene rings is 1. The molecular weight excluding hydrogens is 328 g/mol. The molecule has 0 radical (unpaired) electrons. The summed E-state index contributed by atoms with van der Waals surface area (Å²) in [4.78, 5) is 14.7. The number of halogens is 2. The summed E-state index contributed by atoms with van der Waals surface area (Å²) in [6, 6.07) is 6.38. The second-order valence-corrected chi connectivity index (χ2v) is 6.63. The zero-order chi connectivity index (χ0) is 13.4. The van der Waals surface area contributed by atoms with Crippen LogP contribution < -0.4 is 5.32 Å². The predicted molar refractivity (Wildman–Crippen MR) is 79.6 cm³/mol. The van der Waals surface area contributed by atoms with Gasteiger partial charge in [0.2, 0.25) is 0 Å². The van der Waals surface area contributed by atoms with E-state index in [1.807, 2.05) is 6.07 Å². The van der Waals surface area contributed by atoms with Crippen molar-refractivity contribution in [2.45, 2.75) is 31.3 Å². The molecule has 1 saturated heterocycles. The Hall–Kier alpha value is -0.580. The van der Waals surface area contributed by atoms with Crippen LogP contribution in [0, 0.1) is 0 Å². The molecule has 1 aromatic carbocycles. The van der Waals surface area contributed by atoms with Crippen LogP contribution in [0.4, 0.5) is 0 Å². The van der Waals surface area contributed by atoms with Crippen molar-refractivity contribution in [3.8, 4) is 0 Å². The number of hydrogen-bond donors (Lipinski definition) is 1. The highest BCUT2D eigenvalue weighted by Gasteiger charge is 2.34. The molecule has 1 aliphatic heterocycles. The summed E-state index contributed by atoms with van der Waals surface area (Å²) < 4.78 is 0.869. The summed E-state index contributed by atoms with van der Waals surface area (Å²) >= 11 is 9.44. The van der Waals surface area contributed by atoms with E-state index in [1.165, 1.54) is 12.8 Å². The normalized spacial score (nSPS) is 23.6. The molecule has 19 heavy (non-hydrogen) atoms. The Bertz CT molecular complexity index is 504. The monoisotopic (exact) mass is 342 g/mol. The van der Waals surface area contributed by atoms with Gasteiger partial charge in [-0.2, -0.15) is 0 Å². The summed E-state index contributed by atoms with van der Waals surface area (Å²) in [6.45, 7) is 2.07. The van der Waals surface area contributed by atoms with Crippen molar-refractivity contribution in [2.24, 2.45) is 0 Å². The number of carbonyl (C=O) groups excluding carboxylic acids is 1. The van der Waals surface area contributed by atoms with E-state index in [1.54, 1.807) is 12.1 Å². The Morgan fingerprint density at radius 1 is 1.37 bits per heavy atom. The molecule has 2 fully saturated rings. The van der Waals surface area contributed by atoms with E-state index in [-0.39, 0.29) is 11.9 Å². The van der Waals surface area contributed by atoms with Crippen molar-refractivity contribution in [3.63, 3.8) is 0 Å². The van der Waals surface area contributed by atoms with Crippen LogP contribution in [0.15, 0.2) is 22.7 Å². The summed E-state index contributed by atoms with van der Waals surface area (Å²) in [5.41, 5.74) is 0.543. The molecule has 0 bridgehead atoms. The molecule has 1 amide bonds. The highest BCUT2D eigenvalue weighted by molar-refractivity contribution is 9.10. The van der Waals surface area contributed by atoms with Crippen molar-refractivity contribution >= 4 is 33.4 Å². The maximum absolute atomic E-state index is 12.2. The van der Waals surface area contributed by atoms with Gasteiger partial charge in [-0.3, -0.25) is 9.69 Å². The fourth-order valence-electron chi connectivity index (χ4n) is 2.61. The second-order valence-electron chi connectivity index (χ2n) is 5.31. The third-order valence-electron chi connectivity index (χ3n) is 3.79. The first-order valence-electron chi connectivity index (χ1n) is 6.63. The Morgan fingerprint density at radius 3 is 2.89 bits per heavy atom. The minimum Gasteiger partial charge on any atom is -0.348 e. The highest BCUT2D eigenvalue weighted by Crippen LogP contribution is 2.30. The van der Waals surface area contributed by atoms with Crippen LogP contribution in [-0.4, -0.2) is 36.0 Å². The minimum atomic E-state index is -0.0750. The van der Waals surface area contributed by atoms with E-state index in [0.717, 1.165) is 30.0 Å². The van der Waals surface area contributed by atoms with Gasteiger partial charge in [-0.25, -0.2) is 0 Å². The molecular formula is C14H16BrClN2O. The largest absolute Gasteiger partial charge is 0.348 e. The predicted octanol–water partition coefficient (Wildman–Crippen LogP) is 3.07. The van der Waals surface area contributed by atoms with Gasteiger partial charge in [-0.05, 0) is 37.5 Å². The Morgan fingerprint density at radius 2 is 2.16 bits per heavy atom. The smallest absolute Gasteiger partial charge is 0.253 e. The van der Waals surface area contributed by atoms with Crippen molar-refractivity contribution < 1.29 is 4.79 Å². The first-order valence-corrected chi connectivity index (χ1v) is 7.80. The van der Waals surface area contributed by atoms with E-state index >= 15 is 0 Å². The maximum atomic E-state index is 12.2. The molecule has 1 aromatic rings. The van der Waals surface area contributed by atoms with Crippen LogP contribution in [0.1, 0.15) is 29.6 Å². The van der Waals surface area contributed by atoms with Crippen molar-refractivity contribution in [2.75, 3.05) is 13.1 Å². The molecule has 1 atom stereocenters. The van der Waals surface area contributed by atoms with Gasteiger partial charge >= 0.3 is 0 Å². The van der Waals surface area contributed by atoms with Crippen LogP contribution in [-0.2, 0) is 0 Å². The fourth-order valence-corrected chi connectivity index (χ4v) is 3.18. The number of nitrogens with one attached hydrogen (secondary N) is 1. The van der Waals surface area contributed by atoms with Gasteiger partial charge in [0.05, 0.1) is 10.6 Å². The zero-order valence-corrected chi connectivity index (χ0v) is 12.9. The van der Waals surface area contributed by atoms with Crippen LogP contribution in [0.5, 0.6) is 0 Å². The number of amides is 1. The summed E-state index contributed by atoms with van der Waals surface area (Å²) in [5.74, 6) is -0.0750. The average molecular weight is 344 g/mol. The topological polar surface area (TPSA) is 32.3 Å².